The molecule has 33 heavy (non-hydrogen) atoms. The highest BCUT2D eigenvalue weighted by atomic mass is 32.2. The number of alkyl halides is 2. The lowest BCUT2D eigenvalue weighted by molar-refractivity contribution is -0.117. The third kappa shape index (κ3) is 7.48. The van der Waals surface area contributed by atoms with Gasteiger partial charge in [0.25, 0.3) is 0 Å². The third-order valence-corrected chi connectivity index (χ3v) is 7.24. The van der Waals surface area contributed by atoms with Gasteiger partial charge in [0.2, 0.25) is 15.9 Å². The molecule has 3 rings (SSSR count). The van der Waals surface area contributed by atoms with Crippen molar-refractivity contribution in [1.29, 1.82) is 0 Å². The second-order valence-corrected chi connectivity index (χ2v) is 10.0. The molecular formula is C23H29F2N3O4S. The molecule has 10 heteroatoms. The molecule has 1 aliphatic rings. The number of carbonyl (C=O) groups excluding carboxylic acids is 1. The fraction of sp³-hybridized carbons (Fsp3) is 0.435. The van der Waals surface area contributed by atoms with E-state index in [4.69, 9.17) is 0 Å². The zero-order valence-corrected chi connectivity index (χ0v) is 19.4. The number of hydrogen-bond donors (Lipinski definition) is 1. The van der Waals surface area contributed by atoms with Gasteiger partial charge in [0.15, 0.2) is 0 Å². The van der Waals surface area contributed by atoms with Crippen LogP contribution in [-0.2, 0) is 21.4 Å². The van der Waals surface area contributed by atoms with Crippen LogP contribution in [0.15, 0.2) is 53.4 Å². The second-order valence-electron chi connectivity index (χ2n) is 8.09. The Morgan fingerprint density at radius 2 is 1.76 bits per heavy atom. The van der Waals surface area contributed by atoms with Gasteiger partial charge in [-0.3, -0.25) is 9.69 Å². The van der Waals surface area contributed by atoms with Crippen molar-refractivity contribution >= 4 is 21.6 Å². The summed E-state index contributed by atoms with van der Waals surface area (Å²) < 4.78 is 56.4. The molecule has 7 nitrogen and oxygen atoms in total. The Balaban J connectivity index is 1.54. The van der Waals surface area contributed by atoms with Gasteiger partial charge in [0.1, 0.15) is 5.75 Å². The first-order valence-corrected chi connectivity index (χ1v) is 12.3. The number of hydrogen-bond acceptors (Lipinski definition) is 5. The van der Waals surface area contributed by atoms with E-state index < -0.39 is 16.6 Å². The van der Waals surface area contributed by atoms with Gasteiger partial charge in [-0.15, -0.1) is 0 Å². The molecule has 1 heterocycles. The number of rotatable bonds is 9. The first-order chi connectivity index (χ1) is 15.7. The Labute approximate surface area is 193 Å². The normalized spacial score (nSPS) is 15.4. The third-order valence-electron chi connectivity index (χ3n) is 5.33. The summed E-state index contributed by atoms with van der Waals surface area (Å²) in [6.07, 6.45) is 3.82. The summed E-state index contributed by atoms with van der Waals surface area (Å²) in [5, 5.41) is 2.75. The van der Waals surface area contributed by atoms with Crippen molar-refractivity contribution < 1.29 is 26.7 Å². The summed E-state index contributed by atoms with van der Waals surface area (Å²) in [6.45, 7) is -1.40. The Kier molecular flexibility index (Phi) is 8.76. The lowest BCUT2D eigenvalue weighted by atomic mass is 10.2. The SMILES string of the molecule is CN(CC(=O)Nc1ccc(S(=O)(=O)N2CCCCCC2)cc1)Cc1cccc(OC(F)F)c1. The summed E-state index contributed by atoms with van der Waals surface area (Å²) in [5.41, 5.74) is 1.22. The molecule has 0 atom stereocenters. The molecule has 0 aliphatic carbocycles. The minimum atomic E-state index is -3.54. The average molecular weight is 482 g/mol. The van der Waals surface area contributed by atoms with Crippen molar-refractivity contribution in [3.05, 3.63) is 54.1 Å². The number of anilines is 1. The summed E-state index contributed by atoms with van der Waals surface area (Å²) >= 11 is 0. The predicted octanol–water partition coefficient (Wildman–Crippen LogP) is 3.92. The molecular weight excluding hydrogens is 452 g/mol. The standard InChI is InChI=1S/C23H29F2N3O4S/c1-27(16-18-7-6-8-20(15-18)32-23(24)25)17-22(29)26-19-9-11-21(12-10-19)33(30,31)28-13-4-2-3-5-14-28/h6-12,15,23H,2-5,13-14,16-17H2,1H3,(H,26,29). The number of likely N-dealkylation sites (N-methyl/N-ethyl adjacent to an activating group) is 1. The highest BCUT2D eigenvalue weighted by molar-refractivity contribution is 7.89. The van der Waals surface area contributed by atoms with Gasteiger partial charge in [-0.05, 0) is 61.9 Å². The summed E-state index contributed by atoms with van der Waals surface area (Å²) in [4.78, 5) is 14.3. The smallest absolute Gasteiger partial charge is 0.387 e. The molecule has 0 radical (unpaired) electrons. The van der Waals surface area contributed by atoms with Gasteiger partial charge >= 0.3 is 6.61 Å². The van der Waals surface area contributed by atoms with Crippen LogP contribution in [0, 0.1) is 0 Å². The molecule has 2 aromatic carbocycles. The van der Waals surface area contributed by atoms with Crippen molar-refractivity contribution in [1.82, 2.24) is 9.21 Å². The summed E-state index contributed by atoms with van der Waals surface area (Å²) in [5.74, 6) is -0.212. The van der Waals surface area contributed by atoms with Crippen molar-refractivity contribution in [2.75, 3.05) is 32.0 Å². The Hall–Kier alpha value is -2.56. The molecule has 2 aromatic rings. The van der Waals surface area contributed by atoms with Crippen LogP contribution in [0.5, 0.6) is 5.75 Å². The molecule has 0 spiro atoms. The first-order valence-electron chi connectivity index (χ1n) is 10.9. The van der Waals surface area contributed by atoms with Crippen LogP contribution in [0.4, 0.5) is 14.5 Å². The predicted molar refractivity (Wildman–Crippen MR) is 122 cm³/mol. The molecule has 0 saturated carbocycles. The minimum absolute atomic E-state index is 0.0633. The number of amides is 1. The van der Waals surface area contributed by atoms with Crippen LogP contribution in [0.3, 0.4) is 0 Å². The number of ether oxygens (including phenoxy) is 1. The number of benzene rings is 2. The van der Waals surface area contributed by atoms with E-state index in [1.165, 1.54) is 28.6 Å². The highest BCUT2D eigenvalue weighted by Crippen LogP contribution is 2.22. The van der Waals surface area contributed by atoms with E-state index in [1.807, 2.05) is 0 Å². The maximum absolute atomic E-state index is 12.9. The van der Waals surface area contributed by atoms with Gasteiger partial charge in [0, 0.05) is 25.3 Å². The van der Waals surface area contributed by atoms with Gasteiger partial charge in [0.05, 0.1) is 11.4 Å². The quantitative estimate of drug-likeness (QED) is 0.587. The van der Waals surface area contributed by atoms with E-state index in [0.717, 1.165) is 31.2 Å². The molecule has 0 aromatic heterocycles. The molecule has 1 N–H and O–H groups in total. The molecule has 180 valence electrons. The number of sulfonamides is 1. The maximum Gasteiger partial charge on any atom is 0.387 e. The number of nitrogens with zero attached hydrogens (tertiary/aromatic N) is 2. The fourth-order valence-corrected chi connectivity index (χ4v) is 5.29. The number of carbonyl (C=O) groups is 1. The van der Waals surface area contributed by atoms with Gasteiger partial charge in [-0.2, -0.15) is 13.1 Å². The van der Waals surface area contributed by atoms with Crippen LogP contribution < -0.4 is 10.1 Å². The zero-order chi connectivity index (χ0) is 23.8. The number of nitrogens with one attached hydrogen (secondary N) is 1. The summed E-state index contributed by atoms with van der Waals surface area (Å²) in [6, 6.07) is 12.5. The monoisotopic (exact) mass is 481 g/mol. The van der Waals surface area contributed by atoms with Crippen LogP contribution in [0.2, 0.25) is 0 Å². The minimum Gasteiger partial charge on any atom is -0.435 e. The van der Waals surface area contributed by atoms with E-state index in [1.54, 1.807) is 36.2 Å². The van der Waals surface area contributed by atoms with E-state index in [9.17, 15) is 22.0 Å². The fourth-order valence-electron chi connectivity index (χ4n) is 3.77. The van der Waals surface area contributed by atoms with Crippen LogP contribution in [0.1, 0.15) is 31.2 Å². The molecule has 1 amide bonds. The van der Waals surface area contributed by atoms with Crippen LogP contribution >= 0.6 is 0 Å². The largest absolute Gasteiger partial charge is 0.435 e. The molecule has 0 unspecified atom stereocenters. The van der Waals surface area contributed by atoms with Gasteiger partial charge < -0.3 is 10.1 Å². The first kappa shape index (κ1) is 25.1. The van der Waals surface area contributed by atoms with E-state index in [-0.39, 0.29) is 23.1 Å². The molecule has 1 aliphatic heterocycles. The van der Waals surface area contributed by atoms with Crippen molar-refractivity contribution in [3.63, 3.8) is 0 Å². The second kappa shape index (κ2) is 11.5. The molecule has 0 bridgehead atoms. The van der Waals surface area contributed by atoms with Gasteiger partial charge in [-0.1, -0.05) is 25.0 Å². The topological polar surface area (TPSA) is 79.0 Å². The van der Waals surface area contributed by atoms with Crippen molar-refractivity contribution in [2.24, 2.45) is 0 Å². The lowest BCUT2D eigenvalue weighted by Crippen LogP contribution is -2.32. The van der Waals surface area contributed by atoms with Crippen LogP contribution in [-0.4, -0.2) is 56.8 Å². The lowest BCUT2D eigenvalue weighted by Gasteiger charge is -2.20. The zero-order valence-electron chi connectivity index (χ0n) is 18.5. The summed E-state index contributed by atoms with van der Waals surface area (Å²) in [7, 11) is -1.81. The Morgan fingerprint density at radius 3 is 2.39 bits per heavy atom. The van der Waals surface area contributed by atoms with Gasteiger partial charge in [-0.25, -0.2) is 8.42 Å². The number of halogens is 2. The average Bonchev–Trinajstić information content (AvgIpc) is 3.04. The Bertz CT molecular complexity index is 1020. The molecule has 1 fully saturated rings. The van der Waals surface area contributed by atoms with E-state index in [2.05, 4.69) is 10.1 Å². The maximum atomic E-state index is 12.9. The van der Waals surface area contributed by atoms with Crippen molar-refractivity contribution in [2.45, 2.75) is 43.7 Å². The molecule has 1 saturated heterocycles. The van der Waals surface area contributed by atoms with E-state index in [0.29, 0.717) is 25.3 Å². The van der Waals surface area contributed by atoms with Crippen LogP contribution in [0.25, 0.3) is 0 Å². The van der Waals surface area contributed by atoms with E-state index >= 15 is 0 Å². The highest BCUT2D eigenvalue weighted by Gasteiger charge is 2.25. The van der Waals surface area contributed by atoms with Crippen molar-refractivity contribution in [3.8, 4) is 5.75 Å². The Morgan fingerprint density at radius 1 is 1.09 bits per heavy atom.